The van der Waals surface area contributed by atoms with Gasteiger partial charge in [-0.3, -0.25) is 14.4 Å². The van der Waals surface area contributed by atoms with E-state index >= 15 is 0 Å². The van der Waals surface area contributed by atoms with E-state index < -0.39 is 11.7 Å². The number of carbonyl (C=O) groups excluding carboxylic acids is 3. The third-order valence-corrected chi connectivity index (χ3v) is 4.46. The van der Waals surface area contributed by atoms with Gasteiger partial charge in [0.15, 0.2) is 0 Å². The number of nitrogens with one attached hydrogen (secondary N) is 2. The summed E-state index contributed by atoms with van der Waals surface area (Å²) in [5.41, 5.74) is 2.74. The second-order valence-corrected chi connectivity index (χ2v) is 6.50. The van der Waals surface area contributed by atoms with Crippen molar-refractivity contribution < 1.29 is 14.4 Å². The quantitative estimate of drug-likeness (QED) is 0.368. The monoisotopic (exact) mass is 390 g/mol. The Morgan fingerprint density at radius 2 is 1.45 bits per heavy atom. The lowest BCUT2D eigenvalue weighted by Gasteiger charge is -2.07. The molecule has 0 saturated carbocycles. The van der Waals surface area contributed by atoms with Crippen LogP contribution in [-0.2, 0) is 4.79 Å². The van der Waals surface area contributed by atoms with Crippen molar-refractivity contribution in [3.63, 3.8) is 0 Å². The van der Waals surface area contributed by atoms with E-state index in [1.807, 2.05) is 36.4 Å². The van der Waals surface area contributed by atoms with Crippen molar-refractivity contribution in [2.45, 2.75) is 13.8 Å². The summed E-state index contributed by atoms with van der Waals surface area (Å²) >= 11 is 0. The first kappa shape index (κ1) is 20.0. The van der Waals surface area contributed by atoms with Gasteiger partial charge in [-0.15, -0.1) is 0 Å². The molecule has 0 radical (unpaired) electrons. The number of hydrogen-bond donors (Lipinski definition) is 2. The third kappa shape index (κ3) is 4.57. The Kier molecular flexibility index (Phi) is 6.19. The topological polar surface area (TPSA) is 93.1 Å². The summed E-state index contributed by atoms with van der Waals surface area (Å²) in [6.07, 6.45) is 0. The molecule has 0 bridgehead atoms. The Morgan fingerprint density at radius 1 is 0.862 bits per heavy atom. The standard InChI is InChI=1S/C22H22N4O3/c1-15-19(16(2)26(25-15)18-11-7-4-8-12-18)20(27)22(29)24-14-13-23-21(28)17-9-5-3-6-10-17/h3-12H,13-14H2,1-2H3,(H,23,28)(H,24,29). The number of Topliss-reactive ketones (excluding diaryl/α,β-unsaturated/α-hetero) is 1. The van der Waals surface area contributed by atoms with Crippen LogP contribution < -0.4 is 10.6 Å². The Bertz CT molecular complexity index is 1030. The molecule has 29 heavy (non-hydrogen) atoms. The zero-order valence-corrected chi connectivity index (χ0v) is 16.3. The van der Waals surface area contributed by atoms with Crippen LogP contribution in [0.15, 0.2) is 60.7 Å². The molecule has 0 spiro atoms. The fourth-order valence-corrected chi connectivity index (χ4v) is 3.03. The lowest BCUT2D eigenvalue weighted by Crippen LogP contribution is -2.38. The van der Waals surface area contributed by atoms with E-state index in [0.29, 0.717) is 22.5 Å². The lowest BCUT2D eigenvalue weighted by molar-refractivity contribution is -0.116. The number of aryl methyl sites for hydroxylation is 1. The number of amides is 2. The van der Waals surface area contributed by atoms with Crippen LogP contribution in [0.4, 0.5) is 0 Å². The summed E-state index contributed by atoms with van der Waals surface area (Å²) in [5.74, 6) is -1.60. The van der Waals surface area contributed by atoms with Crippen molar-refractivity contribution in [3.8, 4) is 5.69 Å². The van der Waals surface area contributed by atoms with Crippen LogP contribution in [0, 0.1) is 13.8 Å². The van der Waals surface area contributed by atoms with Gasteiger partial charge in [-0.1, -0.05) is 36.4 Å². The number of carbonyl (C=O) groups is 3. The molecule has 7 nitrogen and oxygen atoms in total. The first-order valence-corrected chi connectivity index (χ1v) is 9.26. The van der Waals surface area contributed by atoms with E-state index in [9.17, 15) is 14.4 Å². The highest BCUT2D eigenvalue weighted by atomic mass is 16.2. The smallest absolute Gasteiger partial charge is 0.292 e. The Labute approximate surface area is 168 Å². The highest BCUT2D eigenvalue weighted by Crippen LogP contribution is 2.18. The van der Waals surface area contributed by atoms with Crippen LogP contribution in [0.5, 0.6) is 0 Å². The van der Waals surface area contributed by atoms with Gasteiger partial charge >= 0.3 is 0 Å². The number of benzene rings is 2. The predicted octanol–water partition coefficient (Wildman–Crippen LogP) is 2.22. The van der Waals surface area contributed by atoms with Crippen molar-refractivity contribution in [2.24, 2.45) is 0 Å². The Hall–Kier alpha value is -3.74. The van der Waals surface area contributed by atoms with Gasteiger partial charge in [0, 0.05) is 18.7 Å². The maximum atomic E-state index is 12.6. The number of para-hydroxylation sites is 1. The highest BCUT2D eigenvalue weighted by Gasteiger charge is 2.24. The molecule has 1 aromatic heterocycles. The average Bonchev–Trinajstić information content (AvgIpc) is 3.05. The molecule has 2 aromatic carbocycles. The molecule has 148 valence electrons. The third-order valence-electron chi connectivity index (χ3n) is 4.46. The molecule has 0 aliphatic carbocycles. The van der Waals surface area contributed by atoms with E-state index in [4.69, 9.17) is 0 Å². The maximum absolute atomic E-state index is 12.6. The zero-order chi connectivity index (χ0) is 20.8. The molecule has 1 heterocycles. The number of nitrogens with zero attached hydrogens (tertiary/aromatic N) is 2. The molecule has 2 N–H and O–H groups in total. The molecular formula is C22H22N4O3. The van der Waals surface area contributed by atoms with E-state index in [1.165, 1.54) is 0 Å². The van der Waals surface area contributed by atoms with Crippen LogP contribution in [-0.4, -0.2) is 40.5 Å². The average molecular weight is 390 g/mol. The molecule has 7 heteroatoms. The summed E-state index contributed by atoms with van der Waals surface area (Å²) in [6, 6.07) is 18.2. The second kappa shape index (κ2) is 8.97. The van der Waals surface area contributed by atoms with E-state index in [0.717, 1.165) is 5.69 Å². The molecule has 0 aliphatic heterocycles. The second-order valence-electron chi connectivity index (χ2n) is 6.50. The highest BCUT2D eigenvalue weighted by molar-refractivity contribution is 6.43. The lowest BCUT2D eigenvalue weighted by atomic mass is 10.1. The summed E-state index contributed by atoms with van der Waals surface area (Å²) < 4.78 is 1.65. The summed E-state index contributed by atoms with van der Waals surface area (Å²) in [5, 5.41) is 9.65. The minimum absolute atomic E-state index is 0.147. The van der Waals surface area contributed by atoms with Crippen LogP contribution >= 0.6 is 0 Å². The van der Waals surface area contributed by atoms with E-state index in [1.54, 1.807) is 42.8 Å². The minimum Gasteiger partial charge on any atom is -0.350 e. The van der Waals surface area contributed by atoms with Gasteiger partial charge in [0.25, 0.3) is 17.6 Å². The SMILES string of the molecule is Cc1nn(-c2ccccc2)c(C)c1C(=O)C(=O)NCCNC(=O)c1ccccc1. The molecule has 0 saturated heterocycles. The van der Waals surface area contributed by atoms with Crippen LogP contribution in [0.3, 0.4) is 0 Å². The Morgan fingerprint density at radius 3 is 2.10 bits per heavy atom. The molecule has 2 amide bonds. The van der Waals surface area contributed by atoms with Gasteiger partial charge in [-0.05, 0) is 38.1 Å². The molecule has 0 atom stereocenters. The largest absolute Gasteiger partial charge is 0.350 e. The number of ketones is 1. The van der Waals surface area contributed by atoms with Crippen LogP contribution in [0.25, 0.3) is 5.69 Å². The normalized spacial score (nSPS) is 10.4. The zero-order valence-electron chi connectivity index (χ0n) is 16.3. The van der Waals surface area contributed by atoms with E-state index in [2.05, 4.69) is 15.7 Å². The van der Waals surface area contributed by atoms with Crippen molar-refractivity contribution >= 4 is 17.6 Å². The fourth-order valence-electron chi connectivity index (χ4n) is 3.03. The van der Waals surface area contributed by atoms with E-state index in [-0.39, 0.29) is 19.0 Å². The predicted molar refractivity (Wildman–Crippen MR) is 109 cm³/mol. The summed E-state index contributed by atoms with van der Waals surface area (Å²) in [4.78, 5) is 36.9. The molecular weight excluding hydrogens is 368 g/mol. The van der Waals surface area contributed by atoms with Gasteiger partial charge in [-0.2, -0.15) is 5.10 Å². The van der Waals surface area contributed by atoms with Crippen molar-refractivity contribution in [3.05, 3.63) is 83.2 Å². The van der Waals surface area contributed by atoms with Gasteiger partial charge < -0.3 is 10.6 Å². The van der Waals surface area contributed by atoms with Gasteiger partial charge in [0.2, 0.25) is 0 Å². The van der Waals surface area contributed by atoms with Crippen molar-refractivity contribution in [1.82, 2.24) is 20.4 Å². The number of rotatable bonds is 7. The molecule has 3 aromatic rings. The molecule has 0 unspecified atom stereocenters. The first-order chi connectivity index (χ1) is 14.0. The number of aromatic nitrogens is 2. The Balaban J connectivity index is 1.59. The van der Waals surface area contributed by atoms with Crippen molar-refractivity contribution in [2.75, 3.05) is 13.1 Å². The van der Waals surface area contributed by atoms with Crippen molar-refractivity contribution in [1.29, 1.82) is 0 Å². The minimum atomic E-state index is -0.724. The molecule has 3 rings (SSSR count). The number of hydrogen-bond acceptors (Lipinski definition) is 4. The maximum Gasteiger partial charge on any atom is 0.292 e. The van der Waals surface area contributed by atoms with Gasteiger partial charge in [0.1, 0.15) is 0 Å². The molecule has 0 fully saturated rings. The summed E-state index contributed by atoms with van der Waals surface area (Å²) in [6.45, 7) is 3.82. The van der Waals surface area contributed by atoms with Crippen LogP contribution in [0.2, 0.25) is 0 Å². The summed E-state index contributed by atoms with van der Waals surface area (Å²) in [7, 11) is 0. The van der Waals surface area contributed by atoms with Gasteiger partial charge in [0.05, 0.1) is 22.6 Å². The first-order valence-electron chi connectivity index (χ1n) is 9.26. The molecule has 0 aliphatic rings. The van der Waals surface area contributed by atoms with Crippen LogP contribution in [0.1, 0.15) is 32.1 Å². The van der Waals surface area contributed by atoms with Gasteiger partial charge in [-0.25, -0.2) is 4.68 Å². The fraction of sp³-hybridized carbons (Fsp3) is 0.182.